The number of aromatic nitrogens is 4. The quantitative estimate of drug-likeness (QED) is 0.605. The van der Waals surface area contributed by atoms with Gasteiger partial charge in [-0.05, 0) is 18.9 Å². The van der Waals surface area contributed by atoms with Crippen molar-refractivity contribution in [3.05, 3.63) is 65.1 Å². The highest BCUT2D eigenvalue weighted by Gasteiger charge is 2.29. The number of carbonyl (C=O) groups is 1. The first-order valence-electron chi connectivity index (χ1n) is 11.4. The molecule has 3 aromatic rings. The van der Waals surface area contributed by atoms with Gasteiger partial charge in [-0.25, -0.2) is 9.97 Å². The predicted molar refractivity (Wildman–Crippen MR) is 131 cm³/mol. The van der Waals surface area contributed by atoms with Gasteiger partial charge in [0.1, 0.15) is 17.7 Å². The average molecular weight is 449 g/mol. The van der Waals surface area contributed by atoms with E-state index in [1.165, 1.54) is 4.57 Å². The molecule has 0 aromatic carbocycles. The number of H-pyrrole nitrogens is 1. The topological polar surface area (TPSA) is 87.1 Å². The molecule has 0 atom stereocenters. The van der Waals surface area contributed by atoms with Gasteiger partial charge in [0.25, 0.3) is 11.5 Å². The fourth-order valence-electron chi connectivity index (χ4n) is 4.41. The van der Waals surface area contributed by atoms with Crippen LogP contribution >= 0.6 is 0 Å². The molecule has 8 nitrogen and oxygen atoms in total. The minimum absolute atomic E-state index is 0.0334. The molecule has 0 saturated carbocycles. The Morgan fingerprint density at radius 2 is 2.03 bits per heavy atom. The summed E-state index contributed by atoms with van der Waals surface area (Å²) >= 11 is 0. The number of fused-ring (bicyclic) bond motifs is 1. The Kier molecular flexibility index (Phi) is 6.10. The lowest BCUT2D eigenvalue weighted by atomic mass is 9.92. The van der Waals surface area contributed by atoms with Crippen LogP contribution in [-0.2, 0) is 12.0 Å². The molecule has 4 rings (SSSR count). The summed E-state index contributed by atoms with van der Waals surface area (Å²) in [4.78, 5) is 42.1. The summed E-state index contributed by atoms with van der Waals surface area (Å²) in [5, 5.41) is 0.658. The Labute approximate surface area is 194 Å². The van der Waals surface area contributed by atoms with Gasteiger partial charge in [-0.2, -0.15) is 0 Å². The zero-order chi connectivity index (χ0) is 23.8. The molecule has 0 unspecified atom stereocenters. The first-order chi connectivity index (χ1) is 15.7. The van der Waals surface area contributed by atoms with E-state index >= 15 is 0 Å². The summed E-state index contributed by atoms with van der Waals surface area (Å²) in [5.74, 6) is 0.862. The second-order valence-electron chi connectivity index (χ2n) is 9.70. The van der Waals surface area contributed by atoms with E-state index in [4.69, 9.17) is 0 Å². The van der Waals surface area contributed by atoms with Crippen LogP contribution in [0.3, 0.4) is 0 Å². The molecule has 0 radical (unpaired) electrons. The van der Waals surface area contributed by atoms with E-state index in [2.05, 4.69) is 53.3 Å². The van der Waals surface area contributed by atoms with Crippen LogP contribution in [0.1, 0.15) is 49.7 Å². The number of rotatable bonds is 5. The van der Waals surface area contributed by atoms with E-state index in [0.717, 1.165) is 37.4 Å². The van der Waals surface area contributed by atoms with Gasteiger partial charge in [0.15, 0.2) is 0 Å². The molecule has 33 heavy (non-hydrogen) atoms. The Balaban J connectivity index is 1.51. The lowest BCUT2D eigenvalue weighted by molar-refractivity contribution is 0.0710. The number of amides is 1. The summed E-state index contributed by atoms with van der Waals surface area (Å²) in [5.41, 5.74) is 1.82. The molecule has 174 valence electrons. The summed E-state index contributed by atoms with van der Waals surface area (Å²) in [6.07, 6.45) is 8.34. The average Bonchev–Trinajstić information content (AvgIpc) is 3.30. The smallest absolute Gasteiger partial charge is 0.275 e. The van der Waals surface area contributed by atoms with E-state index < -0.39 is 0 Å². The van der Waals surface area contributed by atoms with Gasteiger partial charge in [0, 0.05) is 62.0 Å². The molecular formula is C25H32N6O2. The predicted octanol–water partition coefficient (Wildman–Crippen LogP) is 3.34. The number of hydrogen-bond acceptors (Lipinski definition) is 5. The van der Waals surface area contributed by atoms with E-state index in [9.17, 15) is 9.59 Å². The maximum absolute atomic E-state index is 13.5. The van der Waals surface area contributed by atoms with Crippen LogP contribution in [-0.4, -0.2) is 56.5 Å². The largest absolute Gasteiger partial charge is 0.357 e. The summed E-state index contributed by atoms with van der Waals surface area (Å²) in [7, 11) is 1.85. The van der Waals surface area contributed by atoms with Gasteiger partial charge in [0.05, 0.1) is 11.3 Å². The van der Waals surface area contributed by atoms with Crippen LogP contribution in [0, 0.1) is 0 Å². The number of anilines is 1. The number of pyridine rings is 1. The lowest BCUT2D eigenvalue weighted by Crippen LogP contribution is -2.46. The molecule has 1 aliphatic heterocycles. The molecule has 1 fully saturated rings. The van der Waals surface area contributed by atoms with Crippen molar-refractivity contribution in [1.82, 2.24) is 24.4 Å². The van der Waals surface area contributed by atoms with E-state index in [1.807, 2.05) is 11.9 Å². The molecule has 1 N–H and O–H groups in total. The SMILES string of the molecule is C=CCn1cc(C(=O)N(C)C2CCN(c3cc(C(C)(C)C)ncn3)CC2)c2cc[nH]c2c1=O. The monoisotopic (exact) mass is 448 g/mol. The zero-order valence-corrected chi connectivity index (χ0v) is 19.8. The second kappa shape index (κ2) is 8.84. The Morgan fingerprint density at radius 3 is 2.70 bits per heavy atom. The van der Waals surface area contributed by atoms with Crippen molar-refractivity contribution in [2.24, 2.45) is 0 Å². The van der Waals surface area contributed by atoms with Crippen LogP contribution in [0.15, 0.2) is 48.3 Å². The van der Waals surface area contributed by atoms with Crippen LogP contribution in [0.2, 0.25) is 0 Å². The third kappa shape index (κ3) is 4.42. The van der Waals surface area contributed by atoms with Gasteiger partial charge < -0.3 is 19.4 Å². The van der Waals surface area contributed by atoms with Gasteiger partial charge in [-0.3, -0.25) is 9.59 Å². The Hall–Kier alpha value is -3.42. The molecule has 0 aliphatic carbocycles. The van der Waals surface area contributed by atoms with Gasteiger partial charge in [0.2, 0.25) is 0 Å². The number of nitrogens with zero attached hydrogens (tertiary/aromatic N) is 5. The van der Waals surface area contributed by atoms with Crippen LogP contribution in [0.5, 0.6) is 0 Å². The molecule has 0 bridgehead atoms. The van der Waals surface area contributed by atoms with Crippen LogP contribution in [0.4, 0.5) is 5.82 Å². The molecular weight excluding hydrogens is 416 g/mol. The van der Waals surface area contributed by atoms with Gasteiger partial charge >= 0.3 is 0 Å². The molecule has 8 heteroatoms. The second-order valence-corrected chi connectivity index (χ2v) is 9.70. The summed E-state index contributed by atoms with van der Waals surface area (Å²) < 4.78 is 1.53. The third-order valence-corrected chi connectivity index (χ3v) is 6.43. The molecule has 4 heterocycles. The number of hydrogen-bond donors (Lipinski definition) is 1. The van der Waals surface area contributed by atoms with Crippen molar-refractivity contribution in [3.63, 3.8) is 0 Å². The normalized spacial score (nSPS) is 15.1. The Morgan fingerprint density at radius 1 is 1.30 bits per heavy atom. The number of carbonyl (C=O) groups excluding carboxylic acids is 1. The maximum atomic E-state index is 13.5. The Bertz CT molecular complexity index is 1230. The van der Waals surface area contributed by atoms with Crippen molar-refractivity contribution in [1.29, 1.82) is 0 Å². The van der Waals surface area contributed by atoms with Crippen molar-refractivity contribution in [2.45, 2.75) is 51.6 Å². The number of aromatic amines is 1. The van der Waals surface area contributed by atoms with E-state index in [0.29, 0.717) is 23.0 Å². The summed E-state index contributed by atoms with van der Waals surface area (Å²) in [6.45, 7) is 12.1. The summed E-state index contributed by atoms with van der Waals surface area (Å²) in [6, 6.07) is 3.98. The van der Waals surface area contributed by atoms with Crippen molar-refractivity contribution < 1.29 is 4.79 Å². The van der Waals surface area contributed by atoms with Gasteiger partial charge in [-0.15, -0.1) is 6.58 Å². The van der Waals surface area contributed by atoms with Crippen molar-refractivity contribution in [2.75, 3.05) is 25.0 Å². The van der Waals surface area contributed by atoms with Crippen LogP contribution < -0.4 is 10.5 Å². The molecule has 0 spiro atoms. The van der Waals surface area contributed by atoms with Crippen molar-refractivity contribution >= 4 is 22.6 Å². The van der Waals surface area contributed by atoms with Crippen molar-refractivity contribution in [3.8, 4) is 0 Å². The van der Waals surface area contributed by atoms with Crippen LogP contribution in [0.25, 0.3) is 10.9 Å². The standard InChI is InChI=1S/C25H32N6O2/c1-6-11-31-15-19(18-7-10-26-22(18)24(31)33)23(32)29(5)17-8-12-30(13-9-17)21-14-20(25(2,3)4)27-16-28-21/h6-7,10,14-17,26H,1,8-9,11-13H2,2-5H3. The number of allylic oxidation sites excluding steroid dienone is 1. The third-order valence-electron chi connectivity index (χ3n) is 6.43. The first kappa shape index (κ1) is 22.8. The highest BCUT2D eigenvalue weighted by molar-refractivity contribution is 6.06. The maximum Gasteiger partial charge on any atom is 0.275 e. The minimum atomic E-state index is -0.151. The first-order valence-corrected chi connectivity index (χ1v) is 11.4. The highest BCUT2D eigenvalue weighted by Crippen LogP contribution is 2.26. The highest BCUT2D eigenvalue weighted by atomic mass is 16.2. The number of piperidine rings is 1. The fraction of sp³-hybridized carbons (Fsp3) is 0.440. The van der Waals surface area contributed by atoms with Gasteiger partial charge in [-0.1, -0.05) is 26.8 Å². The van der Waals surface area contributed by atoms with E-state index in [-0.39, 0.29) is 22.9 Å². The zero-order valence-electron chi connectivity index (χ0n) is 19.8. The molecule has 3 aromatic heterocycles. The molecule has 1 saturated heterocycles. The minimum Gasteiger partial charge on any atom is -0.357 e. The lowest BCUT2D eigenvalue weighted by Gasteiger charge is -2.37. The fourth-order valence-corrected chi connectivity index (χ4v) is 4.41. The molecule has 1 amide bonds. The van der Waals surface area contributed by atoms with E-state index in [1.54, 1.807) is 30.9 Å². The molecule has 1 aliphatic rings. The number of nitrogens with one attached hydrogen (secondary N) is 1.